The van der Waals surface area contributed by atoms with Gasteiger partial charge in [-0.15, -0.1) is 0 Å². The van der Waals surface area contributed by atoms with Crippen LogP contribution in [0.5, 0.6) is 0 Å². The molecule has 0 saturated heterocycles. The number of aromatic nitrogens is 2. The summed E-state index contributed by atoms with van der Waals surface area (Å²) in [5.74, 6) is 1.60. The van der Waals surface area contributed by atoms with Gasteiger partial charge in [-0.3, -0.25) is 4.57 Å². The van der Waals surface area contributed by atoms with Crippen LogP contribution in [-0.4, -0.2) is 28.6 Å². The molecule has 0 unspecified atom stereocenters. The van der Waals surface area contributed by atoms with Crippen LogP contribution in [0.15, 0.2) is 17.4 Å². The number of hydrogen-bond donors (Lipinski definition) is 2. The first kappa shape index (κ1) is 18.7. The largest absolute Gasteiger partial charge is 0.357 e. The Balaban J connectivity index is 1.96. The van der Waals surface area contributed by atoms with Crippen molar-refractivity contribution in [1.29, 1.82) is 0 Å². The Bertz CT molecular complexity index is 535. The third-order valence-corrected chi connectivity index (χ3v) is 4.57. The van der Waals surface area contributed by atoms with E-state index in [1.807, 2.05) is 6.92 Å². The molecule has 0 aromatic carbocycles. The summed E-state index contributed by atoms with van der Waals surface area (Å²) in [5, 5.41) is 6.58. The highest BCUT2D eigenvalue weighted by molar-refractivity contribution is 5.79. The molecule has 1 saturated carbocycles. The van der Waals surface area contributed by atoms with E-state index in [9.17, 15) is 8.78 Å². The monoisotopic (exact) mass is 341 g/mol. The summed E-state index contributed by atoms with van der Waals surface area (Å²) >= 11 is 0. The van der Waals surface area contributed by atoms with Gasteiger partial charge in [-0.25, -0.2) is 9.98 Å². The van der Waals surface area contributed by atoms with E-state index in [1.165, 1.54) is 38.1 Å². The maximum atomic E-state index is 12.9. The molecule has 0 radical (unpaired) electrons. The van der Waals surface area contributed by atoms with Crippen molar-refractivity contribution in [2.75, 3.05) is 13.1 Å². The third kappa shape index (κ3) is 4.92. The van der Waals surface area contributed by atoms with Gasteiger partial charge in [-0.2, -0.15) is 8.78 Å². The predicted molar refractivity (Wildman–Crippen MR) is 92.0 cm³/mol. The zero-order chi connectivity index (χ0) is 17.6. The number of nitrogens with one attached hydrogen (secondary N) is 2. The molecule has 7 heteroatoms. The highest BCUT2D eigenvalue weighted by Crippen LogP contribution is 2.45. The van der Waals surface area contributed by atoms with Crippen LogP contribution in [0.2, 0.25) is 0 Å². The van der Waals surface area contributed by atoms with E-state index in [1.54, 1.807) is 0 Å². The minimum absolute atomic E-state index is 0.129. The molecule has 0 bridgehead atoms. The lowest BCUT2D eigenvalue weighted by molar-refractivity contribution is 0.0671. The molecular weight excluding hydrogens is 312 g/mol. The molecule has 1 fully saturated rings. The topological polar surface area (TPSA) is 54.2 Å². The Morgan fingerprint density at radius 2 is 2.12 bits per heavy atom. The number of rotatable bonds is 8. The number of imidazole rings is 1. The molecule has 0 amide bonds. The van der Waals surface area contributed by atoms with Crippen LogP contribution in [0.4, 0.5) is 8.78 Å². The Labute approximate surface area is 142 Å². The molecule has 0 atom stereocenters. The number of aliphatic imine (C=N–C) groups is 1. The van der Waals surface area contributed by atoms with Gasteiger partial charge in [-0.1, -0.05) is 20.3 Å². The molecule has 1 aromatic heterocycles. The molecule has 1 aliphatic carbocycles. The molecule has 1 aromatic rings. The van der Waals surface area contributed by atoms with Gasteiger partial charge in [0, 0.05) is 25.5 Å². The lowest BCUT2D eigenvalue weighted by Gasteiger charge is -2.43. The molecule has 1 aliphatic rings. The standard InChI is InChI=1S/C17H29F2N5/c1-4-20-16(22-11-14-21-8-9-24(14)15(18)19)23-12-17(6-5-7-17)10-13(2)3/h8-9,13,15H,4-7,10-12H2,1-3H3,(H2,20,22,23). The molecular formula is C17H29F2N5. The fourth-order valence-electron chi connectivity index (χ4n) is 3.40. The van der Waals surface area contributed by atoms with Gasteiger partial charge in [0.05, 0.1) is 0 Å². The predicted octanol–water partition coefficient (Wildman–Crippen LogP) is 3.55. The molecule has 2 rings (SSSR count). The van der Waals surface area contributed by atoms with Crippen molar-refractivity contribution < 1.29 is 8.78 Å². The van der Waals surface area contributed by atoms with E-state index < -0.39 is 6.55 Å². The Morgan fingerprint density at radius 3 is 2.67 bits per heavy atom. The first-order chi connectivity index (χ1) is 11.5. The Morgan fingerprint density at radius 1 is 1.38 bits per heavy atom. The van der Waals surface area contributed by atoms with Crippen molar-refractivity contribution >= 4 is 5.96 Å². The minimum Gasteiger partial charge on any atom is -0.357 e. The first-order valence-electron chi connectivity index (χ1n) is 8.78. The van der Waals surface area contributed by atoms with Crippen LogP contribution in [-0.2, 0) is 6.54 Å². The number of alkyl halides is 2. The number of nitrogens with zero attached hydrogens (tertiary/aromatic N) is 3. The molecule has 5 nitrogen and oxygen atoms in total. The number of guanidine groups is 1. The van der Waals surface area contributed by atoms with Crippen LogP contribution in [0.3, 0.4) is 0 Å². The summed E-state index contributed by atoms with van der Waals surface area (Å²) in [6.45, 7) is 5.64. The highest BCUT2D eigenvalue weighted by atomic mass is 19.3. The van der Waals surface area contributed by atoms with Crippen LogP contribution in [0, 0.1) is 11.3 Å². The fraction of sp³-hybridized carbons (Fsp3) is 0.765. The van der Waals surface area contributed by atoms with Gasteiger partial charge in [-0.05, 0) is 37.5 Å². The van der Waals surface area contributed by atoms with Crippen LogP contribution >= 0.6 is 0 Å². The van der Waals surface area contributed by atoms with Crippen LogP contribution < -0.4 is 10.6 Å². The number of halogens is 2. The summed E-state index contributed by atoms with van der Waals surface area (Å²) in [7, 11) is 0. The summed E-state index contributed by atoms with van der Waals surface area (Å²) in [5.41, 5.74) is 0.353. The molecule has 24 heavy (non-hydrogen) atoms. The SMILES string of the molecule is CCNC(=NCc1nccn1C(F)F)NCC1(CC(C)C)CCC1. The van der Waals surface area contributed by atoms with Gasteiger partial charge in [0.15, 0.2) is 5.96 Å². The molecule has 1 heterocycles. The normalized spacial score (nSPS) is 17.2. The van der Waals surface area contributed by atoms with E-state index in [0.29, 0.717) is 17.3 Å². The minimum atomic E-state index is -2.59. The summed E-state index contributed by atoms with van der Waals surface area (Å²) < 4.78 is 26.6. The summed E-state index contributed by atoms with van der Waals surface area (Å²) in [6.07, 6.45) is 7.63. The van der Waals surface area contributed by atoms with Crippen molar-refractivity contribution in [2.45, 2.75) is 59.5 Å². The van der Waals surface area contributed by atoms with E-state index in [-0.39, 0.29) is 12.4 Å². The zero-order valence-electron chi connectivity index (χ0n) is 14.9. The van der Waals surface area contributed by atoms with Crippen molar-refractivity contribution in [3.63, 3.8) is 0 Å². The van der Waals surface area contributed by atoms with Gasteiger partial charge in [0.25, 0.3) is 0 Å². The molecule has 136 valence electrons. The van der Waals surface area contributed by atoms with Gasteiger partial charge < -0.3 is 10.6 Å². The second-order valence-corrected chi connectivity index (χ2v) is 7.03. The fourth-order valence-corrected chi connectivity index (χ4v) is 3.40. The quantitative estimate of drug-likeness (QED) is 0.562. The van der Waals surface area contributed by atoms with Crippen molar-refractivity contribution in [3.05, 3.63) is 18.2 Å². The van der Waals surface area contributed by atoms with Gasteiger partial charge in [0.1, 0.15) is 12.4 Å². The van der Waals surface area contributed by atoms with Gasteiger partial charge in [0.2, 0.25) is 0 Å². The maximum Gasteiger partial charge on any atom is 0.319 e. The Kier molecular flexibility index (Phi) is 6.57. The van der Waals surface area contributed by atoms with E-state index >= 15 is 0 Å². The van der Waals surface area contributed by atoms with Gasteiger partial charge >= 0.3 is 6.55 Å². The summed E-state index contributed by atoms with van der Waals surface area (Å²) in [4.78, 5) is 8.38. The molecule has 0 spiro atoms. The molecule has 0 aliphatic heterocycles. The van der Waals surface area contributed by atoms with E-state index in [0.717, 1.165) is 17.7 Å². The smallest absolute Gasteiger partial charge is 0.319 e. The average Bonchev–Trinajstić information content (AvgIpc) is 2.95. The zero-order valence-corrected chi connectivity index (χ0v) is 14.9. The lowest BCUT2D eigenvalue weighted by Crippen LogP contribution is -2.47. The summed E-state index contributed by atoms with van der Waals surface area (Å²) in [6, 6.07) is 0. The third-order valence-electron chi connectivity index (χ3n) is 4.57. The van der Waals surface area contributed by atoms with Crippen LogP contribution in [0.1, 0.15) is 58.8 Å². The average molecular weight is 341 g/mol. The lowest BCUT2D eigenvalue weighted by atomic mass is 9.64. The van der Waals surface area contributed by atoms with Crippen molar-refractivity contribution in [1.82, 2.24) is 20.2 Å². The second kappa shape index (κ2) is 8.44. The maximum absolute atomic E-state index is 12.9. The van der Waals surface area contributed by atoms with Crippen molar-refractivity contribution in [3.8, 4) is 0 Å². The van der Waals surface area contributed by atoms with E-state index in [4.69, 9.17) is 0 Å². The Hall–Kier alpha value is -1.66. The second-order valence-electron chi connectivity index (χ2n) is 7.03. The molecule has 2 N–H and O–H groups in total. The van der Waals surface area contributed by atoms with E-state index in [2.05, 4.69) is 34.5 Å². The van der Waals surface area contributed by atoms with Crippen molar-refractivity contribution in [2.24, 2.45) is 16.3 Å². The highest BCUT2D eigenvalue weighted by Gasteiger charge is 2.37. The first-order valence-corrected chi connectivity index (χ1v) is 8.78. The van der Waals surface area contributed by atoms with Crippen LogP contribution in [0.25, 0.3) is 0 Å². The number of hydrogen-bond acceptors (Lipinski definition) is 2.